The smallest absolute Gasteiger partial charge is 0.323 e. The van der Waals surface area contributed by atoms with Gasteiger partial charge in [-0.15, -0.1) is 11.3 Å². The van der Waals surface area contributed by atoms with Crippen LogP contribution >= 0.6 is 11.3 Å². The molecule has 0 unspecified atom stereocenters. The molecule has 2 aromatic heterocycles. The van der Waals surface area contributed by atoms with Gasteiger partial charge in [-0.3, -0.25) is 0 Å². The number of hydrogen-bond acceptors (Lipinski definition) is 8. The van der Waals surface area contributed by atoms with Gasteiger partial charge in [0.15, 0.2) is 0 Å². The Morgan fingerprint density at radius 2 is 2.00 bits per heavy atom. The minimum atomic E-state index is 0.305. The van der Waals surface area contributed by atoms with Crippen molar-refractivity contribution in [3.8, 4) is 6.01 Å². The lowest BCUT2D eigenvalue weighted by Crippen LogP contribution is -2.09. The number of rotatable bonds is 6. The summed E-state index contributed by atoms with van der Waals surface area (Å²) in [6, 6.07) is 0.305. The summed E-state index contributed by atoms with van der Waals surface area (Å²) in [5, 5.41) is 8.98. The zero-order valence-corrected chi connectivity index (χ0v) is 11.9. The molecule has 0 saturated carbocycles. The van der Waals surface area contributed by atoms with Gasteiger partial charge in [0.25, 0.3) is 0 Å². The first-order chi connectivity index (χ1) is 9.21. The van der Waals surface area contributed by atoms with Crippen LogP contribution in [0.15, 0.2) is 5.38 Å². The second-order valence-corrected chi connectivity index (χ2v) is 4.63. The first-order valence-corrected chi connectivity index (χ1v) is 6.80. The third-order valence-corrected chi connectivity index (χ3v) is 3.14. The lowest BCUT2D eigenvalue weighted by Gasteiger charge is -2.07. The highest BCUT2D eigenvalue weighted by atomic mass is 32.1. The Morgan fingerprint density at radius 1 is 1.21 bits per heavy atom. The second kappa shape index (κ2) is 6.28. The number of anilines is 2. The molecule has 2 aromatic rings. The molecule has 0 amide bonds. The van der Waals surface area contributed by atoms with Gasteiger partial charge >= 0.3 is 6.01 Å². The second-order valence-electron chi connectivity index (χ2n) is 3.68. The van der Waals surface area contributed by atoms with Crippen molar-refractivity contribution in [3.05, 3.63) is 16.1 Å². The molecule has 0 fully saturated rings. The van der Waals surface area contributed by atoms with Gasteiger partial charge in [0.05, 0.1) is 13.2 Å². The third-order valence-electron chi connectivity index (χ3n) is 2.18. The minimum absolute atomic E-state index is 0.305. The van der Waals surface area contributed by atoms with E-state index in [0.717, 1.165) is 10.7 Å². The highest BCUT2D eigenvalue weighted by molar-refractivity contribution is 7.09. The Hall–Kier alpha value is -1.96. The highest BCUT2D eigenvalue weighted by Crippen LogP contribution is 2.13. The molecule has 102 valence electrons. The quantitative estimate of drug-likeness (QED) is 0.832. The van der Waals surface area contributed by atoms with E-state index in [9.17, 15) is 0 Å². The number of ether oxygens (including phenoxy) is 1. The highest BCUT2D eigenvalue weighted by Gasteiger charge is 2.07. The first kappa shape index (κ1) is 13.5. The lowest BCUT2D eigenvalue weighted by molar-refractivity contribution is 0.312. The van der Waals surface area contributed by atoms with Gasteiger partial charge in [-0.05, 0) is 13.8 Å². The van der Waals surface area contributed by atoms with Crippen LogP contribution in [0, 0.1) is 6.92 Å². The average Bonchev–Trinajstić information content (AvgIpc) is 2.82. The van der Waals surface area contributed by atoms with E-state index in [1.807, 2.05) is 19.2 Å². The van der Waals surface area contributed by atoms with E-state index in [1.54, 1.807) is 18.4 Å². The number of aromatic nitrogens is 4. The van der Waals surface area contributed by atoms with Crippen LogP contribution in [0.1, 0.15) is 17.6 Å². The minimum Gasteiger partial charge on any atom is -0.464 e. The van der Waals surface area contributed by atoms with E-state index in [0.29, 0.717) is 31.1 Å². The zero-order chi connectivity index (χ0) is 13.7. The number of hydrogen-bond donors (Lipinski definition) is 2. The summed E-state index contributed by atoms with van der Waals surface area (Å²) >= 11 is 1.60. The summed E-state index contributed by atoms with van der Waals surface area (Å²) in [7, 11) is 1.75. The van der Waals surface area contributed by atoms with Crippen LogP contribution in [0.5, 0.6) is 6.01 Å². The van der Waals surface area contributed by atoms with Crippen molar-refractivity contribution in [1.82, 2.24) is 19.9 Å². The summed E-state index contributed by atoms with van der Waals surface area (Å²) < 4.78 is 5.29. The number of nitrogens with one attached hydrogen (secondary N) is 2. The molecular formula is C11H16N6OS. The van der Waals surface area contributed by atoms with Gasteiger partial charge in [-0.2, -0.15) is 15.0 Å². The molecule has 0 spiro atoms. The van der Waals surface area contributed by atoms with Gasteiger partial charge in [0.2, 0.25) is 11.9 Å². The van der Waals surface area contributed by atoms with E-state index in [4.69, 9.17) is 4.74 Å². The molecule has 0 aliphatic rings. The molecule has 0 atom stereocenters. The molecule has 0 aliphatic heterocycles. The Balaban J connectivity index is 2.08. The predicted octanol–water partition coefficient (Wildman–Crippen LogP) is 1.69. The van der Waals surface area contributed by atoms with Crippen molar-refractivity contribution in [2.45, 2.75) is 20.4 Å². The van der Waals surface area contributed by atoms with Gasteiger partial charge in [-0.1, -0.05) is 0 Å². The van der Waals surface area contributed by atoms with E-state index in [2.05, 4.69) is 30.6 Å². The summed E-state index contributed by atoms with van der Waals surface area (Å²) in [4.78, 5) is 16.8. The number of thiazole rings is 1. The van der Waals surface area contributed by atoms with Gasteiger partial charge in [0, 0.05) is 18.1 Å². The maximum Gasteiger partial charge on any atom is 0.323 e. The Morgan fingerprint density at radius 3 is 2.63 bits per heavy atom. The van der Waals surface area contributed by atoms with E-state index in [-0.39, 0.29) is 0 Å². The number of nitrogens with zero attached hydrogens (tertiary/aromatic N) is 4. The summed E-state index contributed by atoms with van der Waals surface area (Å²) in [5.74, 6) is 0.937. The normalized spacial score (nSPS) is 10.3. The molecule has 0 aromatic carbocycles. The average molecular weight is 280 g/mol. The molecule has 8 heteroatoms. The maximum atomic E-state index is 5.29. The van der Waals surface area contributed by atoms with Crippen LogP contribution in [0.3, 0.4) is 0 Å². The third kappa shape index (κ3) is 3.75. The van der Waals surface area contributed by atoms with Crippen LogP contribution in [0.25, 0.3) is 0 Å². The zero-order valence-electron chi connectivity index (χ0n) is 11.1. The Bertz CT molecular complexity index is 544. The van der Waals surface area contributed by atoms with Gasteiger partial charge in [-0.25, -0.2) is 4.98 Å². The SMILES string of the molecule is CCOc1nc(NC)nc(NCc2nc(C)cs2)n1. The summed E-state index contributed by atoms with van der Waals surface area (Å²) in [5.41, 5.74) is 1.02. The van der Waals surface area contributed by atoms with Crippen LogP contribution in [-0.4, -0.2) is 33.6 Å². The van der Waals surface area contributed by atoms with Crippen LogP contribution in [-0.2, 0) is 6.54 Å². The topological polar surface area (TPSA) is 84.9 Å². The lowest BCUT2D eigenvalue weighted by atomic mass is 10.6. The molecule has 0 aliphatic carbocycles. The molecule has 0 radical (unpaired) electrons. The summed E-state index contributed by atoms with van der Waals surface area (Å²) in [6.07, 6.45) is 0. The van der Waals surface area contributed by atoms with Crippen molar-refractivity contribution in [3.63, 3.8) is 0 Å². The van der Waals surface area contributed by atoms with E-state index < -0.39 is 0 Å². The molecule has 2 heterocycles. The molecule has 19 heavy (non-hydrogen) atoms. The van der Waals surface area contributed by atoms with Crippen LogP contribution in [0.4, 0.5) is 11.9 Å². The molecule has 2 N–H and O–H groups in total. The number of aryl methyl sites for hydroxylation is 1. The molecular weight excluding hydrogens is 264 g/mol. The standard InChI is InChI=1S/C11H16N6OS/c1-4-18-11-16-9(12-3)15-10(17-11)13-5-8-14-7(2)6-19-8/h6H,4-5H2,1-3H3,(H2,12,13,15,16,17). The predicted molar refractivity (Wildman–Crippen MR) is 74.7 cm³/mol. The van der Waals surface area contributed by atoms with Crippen molar-refractivity contribution in [2.75, 3.05) is 24.3 Å². The Kier molecular flexibility index (Phi) is 4.45. The largest absolute Gasteiger partial charge is 0.464 e. The fourth-order valence-electron chi connectivity index (χ4n) is 1.38. The molecule has 0 bridgehead atoms. The van der Waals surface area contributed by atoms with Crippen molar-refractivity contribution in [1.29, 1.82) is 0 Å². The summed E-state index contributed by atoms with van der Waals surface area (Å²) in [6.45, 7) is 4.94. The molecule has 7 nitrogen and oxygen atoms in total. The van der Waals surface area contributed by atoms with Crippen molar-refractivity contribution in [2.24, 2.45) is 0 Å². The Labute approximate surface area is 115 Å². The van der Waals surface area contributed by atoms with Gasteiger partial charge < -0.3 is 15.4 Å². The van der Waals surface area contributed by atoms with Gasteiger partial charge in [0.1, 0.15) is 5.01 Å². The monoisotopic (exact) mass is 280 g/mol. The maximum absolute atomic E-state index is 5.29. The van der Waals surface area contributed by atoms with Crippen LogP contribution < -0.4 is 15.4 Å². The van der Waals surface area contributed by atoms with E-state index >= 15 is 0 Å². The molecule has 2 rings (SSSR count). The van der Waals surface area contributed by atoms with Crippen molar-refractivity contribution >= 4 is 23.2 Å². The van der Waals surface area contributed by atoms with E-state index in [1.165, 1.54) is 0 Å². The fourth-order valence-corrected chi connectivity index (χ4v) is 2.09. The first-order valence-electron chi connectivity index (χ1n) is 5.92. The molecule has 0 saturated heterocycles. The van der Waals surface area contributed by atoms with Crippen LogP contribution in [0.2, 0.25) is 0 Å². The fraction of sp³-hybridized carbons (Fsp3) is 0.455. The van der Waals surface area contributed by atoms with Crippen molar-refractivity contribution < 1.29 is 4.74 Å².